The predicted octanol–water partition coefficient (Wildman–Crippen LogP) is 6.44. The van der Waals surface area contributed by atoms with E-state index in [-0.39, 0.29) is 12.5 Å². The van der Waals surface area contributed by atoms with Gasteiger partial charge in [-0.25, -0.2) is 4.98 Å². The van der Waals surface area contributed by atoms with E-state index < -0.39 is 0 Å². The highest BCUT2D eigenvalue weighted by Crippen LogP contribution is 2.34. The van der Waals surface area contributed by atoms with Crippen LogP contribution < -0.4 is 10.1 Å². The number of benzene rings is 3. The van der Waals surface area contributed by atoms with Gasteiger partial charge in [0.2, 0.25) is 5.89 Å². The average molecular weight is 441 g/mol. The molecule has 0 aliphatic carbocycles. The zero-order valence-corrected chi connectivity index (χ0v) is 17.8. The van der Waals surface area contributed by atoms with Crippen molar-refractivity contribution in [3.05, 3.63) is 75.8 Å². The number of rotatable bonds is 5. The molecule has 4 rings (SSSR count). The molecule has 0 unspecified atom stereocenters. The lowest BCUT2D eigenvalue weighted by Crippen LogP contribution is -2.20. The summed E-state index contributed by atoms with van der Waals surface area (Å²) in [6.07, 6.45) is 0. The molecule has 0 saturated heterocycles. The van der Waals surface area contributed by atoms with Crippen LogP contribution in [0.1, 0.15) is 11.1 Å². The zero-order valence-electron chi connectivity index (χ0n) is 16.3. The highest BCUT2D eigenvalue weighted by Gasteiger charge is 2.14. The number of amides is 1. The maximum Gasteiger partial charge on any atom is 0.262 e. The maximum absolute atomic E-state index is 12.3. The topological polar surface area (TPSA) is 64.4 Å². The van der Waals surface area contributed by atoms with E-state index in [1.54, 1.807) is 36.4 Å². The standard InChI is InChI=1S/C23H18Cl2N2O3/c1-13-6-8-16(10-14(13)2)29-12-21(28)26-15-7-9-20-19(11-15)27-23(30-20)17-4-3-5-18(24)22(17)25/h3-11H,12H2,1-2H3,(H,26,28). The van der Waals surface area contributed by atoms with E-state index in [9.17, 15) is 4.79 Å². The molecule has 3 aromatic carbocycles. The molecule has 1 N–H and O–H groups in total. The summed E-state index contributed by atoms with van der Waals surface area (Å²) in [5, 5.41) is 3.61. The van der Waals surface area contributed by atoms with Crippen LogP contribution in [0, 0.1) is 13.8 Å². The molecule has 0 bridgehead atoms. The van der Waals surface area contributed by atoms with Crippen LogP contribution in [-0.4, -0.2) is 17.5 Å². The third-order valence-corrected chi connectivity index (χ3v) is 5.52. The van der Waals surface area contributed by atoms with Crippen LogP contribution in [0.5, 0.6) is 5.75 Å². The highest BCUT2D eigenvalue weighted by atomic mass is 35.5. The first-order valence-corrected chi connectivity index (χ1v) is 10.0. The average Bonchev–Trinajstić information content (AvgIpc) is 3.14. The van der Waals surface area contributed by atoms with Crippen LogP contribution in [0.2, 0.25) is 10.0 Å². The van der Waals surface area contributed by atoms with Crippen molar-refractivity contribution in [3.63, 3.8) is 0 Å². The molecular formula is C23H18Cl2N2O3. The Morgan fingerprint density at radius 3 is 2.70 bits per heavy atom. The molecule has 1 amide bonds. The van der Waals surface area contributed by atoms with Gasteiger partial charge in [0, 0.05) is 5.69 Å². The minimum absolute atomic E-state index is 0.0945. The molecule has 4 aromatic rings. The van der Waals surface area contributed by atoms with Crippen molar-refractivity contribution in [1.82, 2.24) is 4.98 Å². The smallest absolute Gasteiger partial charge is 0.262 e. The number of carbonyl (C=O) groups is 1. The number of nitrogens with one attached hydrogen (secondary N) is 1. The van der Waals surface area contributed by atoms with Gasteiger partial charge in [0.15, 0.2) is 12.2 Å². The van der Waals surface area contributed by atoms with E-state index in [0.29, 0.717) is 44.0 Å². The van der Waals surface area contributed by atoms with Crippen LogP contribution in [0.25, 0.3) is 22.6 Å². The molecule has 5 nitrogen and oxygen atoms in total. The summed E-state index contributed by atoms with van der Waals surface area (Å²) in [5.74, 6) is 0.747. The second-order valence-electron chi connectivity index (χ2n) is 6.89. The van der Waals surface area contributed by atoms with Crippen molar-refractivity contribution in [1.29, 1.82) is 0 Å². The van der Waals surface area contributed by atoms with E-state index in [1.165, 1.54) is 5.56 Å². The molecule has 1 heterocycles. The van der Waals surface area contributed by atoms with Gasteiger partial charge in [-0.05, 0) is 67.4 Å². The zero-order chi connectivity index (χ0) is 21.3. The van der Waals surface area contributed by atoms with Gasteiger partial charge in [-0.1, -0.05) is 35.3 Å². The molecule has 7 heteroatoms. The number of aryl methyl sites for hydroxylation is 2. The summed E-state index contributed by atoms with van der Waals surface area (Å²) in [7, 11) is 0. The minimum Gasteiger partial charge on any atom is -0.484 e. The fourth-order valence-corrected chi connectivity index (χ4v) is 3.32. The van der Waals surface area contributed by atoms with Gasteiger partial charge in [-0.15, -0.1) is 0 Å². The minimum atomic E-state index is -0.269. The third kappa shape index (κ3) is 4.27. The maximum atomic E-state index is 12.3. The van der Waals surface area contributed by atoms with Crippen molar-refractivity contribution in [2.24, 2.45) is 0 Å². The predicted molar refractivity (Wildman–Crippen MR) is 120 cm³/mol. The second kappa shape index (κ2) is 8.38. The summed E-state index contributed by atoms with van der Waals surface area (Å²) in [4.78, 5) is 16.7. The van der Waals surface area contributed by atoms with Crippen LogP contribution in [0.4, 0.5) is 5.69 Å². The van der Waals surface area contributed by atoms with E-state index >= 15 is 0 Å². The molecule has 0 saturated carbocycles. The molecule has 0 radical (unpaired) electrons. The van der Waals surface area contributed by atoms with Crippen LogP contribution >= 0.6 is 23.2 Å². The van der Waals surface area contributed by atoms with Crippen molar-refractivity contribution in [3.8, 4) is 17.2 Å². The fraction of sp³-hybridized carbons (Fsp3) is 0.130. The lowest BCUT2D eigenvalue weighted by Gasteiger charge is -2.09. The Hall–Kier alpha value is -3.02. The van der Waals surface area contributed by atoms with E-state index in [4.69, 9.17) is 32.4 Å². The first kappa shape index (κ1) is 20.3. The lowest BCUT2D eigenvalue weighted by atomic mass is 10.1. The van der Waals surface area contributed by atoms with Crippen molar-refractivity contribution in [2.45, 2.75) is 13.8 Å². The molecule has 0 spiro atoms. The van der Waals surface area contributed by atoms with E-state index in [1.807, 2.05) is 32.0 Å². The first-order chi connectivity index (χ1) is 14.4. The molecule has 0 atom stereocenters. The fourth-order valence-electron chi connectivity index (χ4n) is 2.94. The molecule has 152 valence electrons. The number of nitrogens with zero attached hydrogens (tertiary/aromatic N) is 1. The van der Waals surface area contributed by atoms with Gasteiger partial charge in [0.25, 0.3) is 5.91 Å². The Bertz CT molecular complexity index is 1250. The molecule has 1 aromatic heterocycles. The highest BCUT2D eigenvalue weighted by molar-refractivity contribution is 6.43. The largest absolute Gasteiger partial charge is 0.484 e. The molecular weight excluding hydrogens is 423 g/mol. The van der Waals surface area contributed by atoms with Gasteiger partial charge in [0.05, 0.1) is 15.6 Å². The number of oxazole rings is 1. The normalized spacial score (nSPS) is 10.9. The van der Waals surface area contributed by atoms with Gasteiger partial charge in [-0.3, -0.25) is 4.79 Å². The molecule has 0 aliphatic heterocycles. The Labute approximate surface area is 183 Å². The molecule has 30 heavy (non-hydrogen) atoms. The Balaban J connectivity index is 1.47. The number of halogens is 2. The first-order valence-electron chi connectivity index (χ1n) is 9.25. The number of hydrogen-bond acceptors (Lipinski definition) is 4. The number of carbonyl (C=O) groups excluding carboxylic acids is 1. The monoisotopic (exact) mass is 440 g/mol. The number of anilines is 1. The van der Waals surface area contributed by atoms with E-state index in [2.05, 4.69) is 10.3 Å². The van der Waals surface area contributed by atoms with Crippen molar-refractivity contribution >= 4 is 45.9 Å². The van der Waals surface area contributed by atoms with Crippen molar-refractivity contribution in [2.75, 3.05) is 11.9 Å². The summed E-state index contributed by atoms with van der Waals surface area (Å²) in [5.41, 5.74) is 4.64. The summed E-state index contributed by atoms with van der Waals surface area (Å²) < 4.78 is 11.4. The van der Waals surface area contributed by atoms with Crippen LogP contribution in [-0.2, 0) is 4.79 Å². The van der Waals surface area contributed by atoms with E-state index in [0.717, 1.165) is 5.56 Å². The Morgan fingerprint density at radius 2 is 1.90 bits per heavy atom. The number of ether oxygens (including phenoxy) is 1. The van der Waals surface area contributed by atoms with Gasteiger partial charge >= 0.3 is 0 Å². The number of aromatic nitrogens is 1. The summed E-state index contributed by atoms with van der Waals surface area (Å²) in [6.45, 7) is 3.93. The Kier molecular flexibility index (Phi) is 5.66. The van der Waals surface area contributed by atoms with Crippen molar-refractivity contribution < 1.29 is 13.9 Å². The van der Waals surface area contributed by atoms with Crippen LogP contribution in [0.3, 0.4) is 0 Å². The lowest BCUT2D eigenvalue weighted by molar-refractivity contribution is -0.118. The second-order valence-corrected chi connectivity index (χ2v) is 7.67. The van der Waals surface area contributed by atoms with Gasteiger partial charge in [-0.2, -0.15) is 0 Å². The molecule has 0 fully saturated rings. The quantitative estimate of drug-likeness (QED) is 0.387. The Morgan fingerprint density at radius 1 is 1.07 bits per heavy atom. The van der Waals surface area contributed by atoms with Gasteiger partial charge in [0.1, 0.15) is 11.3 Å². The summed E-state index contributed by atoms with van der Waals surface area (Å²) in [6, 6.07) is 16.2. The van der Waals surface area contributed by atoms with Gasteiger partial charge < -0.3 is 14.5 Å². The number of hydrogen-bond donors (Lipinski definition) is 1. The SMILES string of the molecule is Cc1ccc(OCC(=O)Nc2ccc3oc(-c4cccc(Cl)c4Cl)nc3c2)cc1C. The van der Waals surface area contributed by atoms with Crippen LogP contribution in [0.15, 0.2) is 59.0 Å². The molecule has 0 aliphatic rings. The number of fused-ring (bicyclic) bond motifs is 1. The summed E-state index contributed by atoms with van der Waals surface area (Å²) >= 11 is 12.3. The third-order valence-electron chi connectivity index (χ3n) is 4.70.